The summed E-state index contributed by atoms with van der Waals surface area (Å²) >= 11 is 0. The highest BCUT2D eigenvalue weighted by molar-refractivity contribution is 5.98. The van der Waals surface area contributed by atoms with Crippen molar-refractivity contribution >= 4 is 47.7 Å². The van der Waals surface area contributed by atoms with E-state index in [0.717, 1.165) is 48.6 Å². The molecule has 7 nitrogen and oxygen atoms in total. The van der Waals surface area contributed by atoms with Gasteiger partial charge in [0, 0.05) is 51.9 Å². The van der Waals surface area contributed by atoms with Gasteiger partial charge in [0.2, 0.25) is 5.95 Å². The van der Waals surface area contributed by atoms with Crippen LogP contribution in [0.3, 0.4) is 0 Å². The van der Waals surface area contributed by atoms with Gasteiger partial charge in [0.05, 0.1) is 17.6 Å². The Bertz CT molecular complexity index is 797. The van der Waals surface area contributed by atoms with Crippen LogP contribution in [-0.4, -0.2) is 66.3 Å². The van der Waals surface area contributed by atoms with Crippen LogP contribution in [0.2, 0.25) is 0 Å². The summed E-state index contributed by atoms with van der Waals surface area (Å²) in [5, 5.41) is 6.66. The number of imidazole rings is 1. The van der Waals surface area contributed by atoms with E-state index >= 15 is 0 Å². The van der Waals surface area contributed by atoms with Crippen LogP contribution in [0.5, 0.6) is 0 Å². The minimum absolute atomic E-state index is 0. The molecule has 2 atom stereocenters. The van der Waals surface area contributed by atoms with Crippen molar-refractivity contribution in [3.63, 3.8) is 0 Å². The molecule has 9 heteroatoms. The molecule has 0 unspecified atom stereocenters. The van der Waals surface area contributed by atoms with E-state index in [4.69, 9.17) is 4.74 Å². The summed E-state index contributed by atoms with van der Waals surface area (Å²) in [6.45, 7) is 4.13. The number of nitrogens with one attached hydrogen (secondary N) is 2. The number of halogens is 2. The SMILES string of the molecule is COCCNc1nc2cc(C(=O)N3CC[C@H]4CNC[C@H]43)ccc2n1C.Cl.Cl. The van der Waals surface area contributed by atoms with Gasteiger partial charge in [-0.3, -0.25) is 4.79 Å². The lowest BCUT2D eigenvalue weighted by Gasteiger charge is -2.23. The zero-order valence-corrected chi connectivity index (χ0v) is 17.2. The van der Waals surface area contributed by atoms with Crippen molar-refractivity contribution in [1.29, 1.82) is 0 Å². The van der Waals surface area contributed by atoms with Crippen molar-refractivity contribution in [3.8, 4) is 0 Å². The summed E-state index contributed by atoms with van der Waals surface area (Å²) in [5.74, 6) is 1.52. The molecular weight excluding hydrogens is 389 g/mol. The van der Waals surface area contributed by atoms with E-state index < -0.39 is 0 Å². The lowest BCUT2D eigenvalue weighted by atomic mass is 10.0. The Morgan fingerprint density at radius 2 is 2.19 bits per heavy atom. The molecule has 2 aliphatic rings. The molecule has 1 aromatic heterocycles. The normalized spacial score (nSPS) is 20.9. The molecule has 2 aliphatic heterocycles. The molecule has 1 amide bonds. The second kappa shape index (κ2) is 9.10. The average Bonchev–Trinajstić information content (AvgIpc) is 3.30. The minimum atomic E-state index is 0. The number of rotatable bonds is 5. The van der Waals surface area contributed by atoms with Crippen molar-refractivity contribution in [2.24, 2.45) is 13.0 Å². The van der Waals surface area contributed by atoms with Crippen LogP contribution in [0, 0.1) is 5.92 Å². The first-order valence-corrected chi connectivity index (χ1v) is 8.90. The first kappa shape index (κ1) is 21.8. The summed E-state index contributed by atoms with van der Waals surface area (Å²) in [5.41, 5.74) is 2.58. The quantitative estimate of drug-likeness (QED) is 0.729. The van der Waals surface area contributed by atoms with Crippen LogP contribution < -0.4 is 10.6 Å². The highest BCUT2D eigenvalue weighted by Gasteiger charge is 2.40. The first-order valence-electron chi connectivity index (χ1n) is 8.90. The maximum atomic E-state index is 13.0. The number of likely N-dealkylation sites (tertiary alicyclic amines) is 1. The van der Waals surface area contributed by atoms with Gasteiger partial charge in [0.25, 0.3) is 5.91 Å². The predicted molar refractivity (Wildman–Crippen MR) is 111 cm³/mol. The van der Waals surface area contributed by atoms with Gasteiger partial charge in [0.1, 0.15) is 0 Å². The molecule has 2 N–H and O–H groups in total. The first-order chi connectivity index (χ1) is 12.2. The molecule has 0 bridgehead atoms. The monoisotopic (exact) mass is 415 g/mol. The Balaban J connectivity index is 0.00000131. The number of ether oxygens (including phenoxy) is 1. The van der Waals surface area contributed by atoms with E-state index in [0.29, 0.717) is 25.1 Å². The third kappa shape index (κ3) is 4.01. The van der Waals surface area contributed by atoms with E-state index in [1.54, 1.807) is 7.11 Å². The molecule has 150 valence electrons. The zero-order valence-electron chi connectivity index (χ0n) is 15.6. The van der Waals surface area contributed by atoms with Crippen LogP contribution in [-0.2, 0) is 11.8 Å². The van der Waals surface area contributed by atoms with Gasteiger partial charge < -0.3 is 24.8 Å². The number of fused-ring (bicyclic) bond motifs is 2. The number of aryl methyl sites for hydroxylation is 1. The summed E-state index contributed by atoms with van der Waals surface area (Å²) in [7, 11) is 3.65. The van der Waals surface area contributed by atoms with Crippen molar-refractivity contribution < 1.29 is 9.53 Å². The molecule has 0 spiro atoms. The standard InChI is InChI=1S/C18H25N5O2.2ClH/c1-22-15-4-3-12(9-14(15)21-18(22)20-6-8-25-2)17(24)23-7-5-13-10-19-11-16(13)23;;/h3-4,9,13,16,19H,5-8,10-11H2,1-2H3,(H,20,21);2*1H/t13-,16+;;/m0../s1. The minimum Gasteiger partial charge on any atom is -0.383 e. The van der Waals surface area contributed by atoms with Crippen LogP contribution in [0.15, 0.2) is 18.2 Å². The predicted octanol–water partition coefficient (Wildman–Crippen LogP) is 1.91. The van der Waals surface area contributed by atoms with Crippen molar-refractivity contribution in [3.05, 3.63) is 23.8 Å². The number of carbonyl (C=O) groups excluding carboxylic acids is 1. The van der Waals surface area contributed by atoms with E-state index in [1.165, 1.54) is 0 Å². The Hall–Kier alpha value is -1.54. The van der Waals surface area contributed by atoms with Crippen molar-refractivity contribution in [1.82, 2.24) is 19.8 Å². The molecule has 0 aliphatic carbocycles. The maximum absolute atomic E-state index is 13.0. The van der Waals surface area contributed by atoms with Gasteiger partial charge in [0.15, 0.2) is 0 Å². The van der Waals surface area contributed by atoms with E-state index in [1.807, 2.05) is 34.7 Å². The van der Waals surface area contributed by atoms with Crippen LogP contribution in [0.1, 0.15) is 16.8 Å². The van der Waals surface area contributed by atoms with Gasteiger partial charge in [-0.25, -0.2) is 4.98 Å². The molecule has 3 heterocycles. The Kier molecular flexibility index (Phi) is 7.33. The topological polar surface area (TPSA) is 71.4 Å². The van der Waals surface area contributed by atoms with Crippen LogP contribution in [0.25, 0.3) is 11.0 Å². The summed E-state index contributed by atoms with van der Waals surface area (Å²) < 4.78 is 7.07. The van der Waals surface area contributed by atoms with Crippen molar-refractivity contribution in [2.45, 2.75) is 12.5 Å². The molecule has 1 aromatic carbocycles. The van der Waals surface area contributed by atoms with Gasteiger partial charge in [-0.05, 0) is 30.5 Å². The lowest BCUT2D eigenvalue weighted by Crippen LogP contribution is -2.39. The molecule has 2 aromatic rings. The van der Waals surface area contributed by atoms with E-state index in [-0.39, 0.29) is 30.7 Å². The second-order valence-corrected chi connectivity index (χ2v) is 6.89. The van der Waals surface area contributed by atoms with E-state index in [9.17, 15) is 4.79 Å². The Morgan fingerprint density at radius 1 is 1.37 bits per heavy atom. The molecular formula is C18H27Cl2N5O2. The Morgan fingerprint density at radius 3 is 2.96 bits per heavy atom. The summed E-state index contributed by atoms with van der Waals surface area (Å²) in [6.07, 6.45) is 1.10. The maximum Gasteiger partial charge on any atom is 0.254 e. The van der Waals surface area contributed by atoms with Gasteiger partial charge in [-0.15, -0.1) is 24.8 Å². The fourth-order valence-electron chi connectivity index (χ4n) is 4.02. The fraction of sp³-hybridized carbons (Fsp3) is 0.556. The molecule has 2 saturated heterocycles. The van der Waals surface area contributed by atoms with Crippen molar-refractivity contribution in [2.75, 3.05) is 45.2 Å². The lowest BCUT2D eigenvalue weighted by molar-refractivity contribution is 0.0737. The third-order valence-corrected chi connectivity index (χ3v) is 5.42. The zero-order chi connectivity index (χ0) is 17.4. The molecule has 0 radical (unpaired) electrons. The molecule has 27 heavy (non-hydrogen) atoms. The molecule has 4 rings (SSSR count). The van der Waals surface area contributed by atoms with Crippen LogP contribution >= 0.6 is 24.8 Å². The number of hydrogen-bond acceptors (Lipinski definition) is 5. The number of anilines is 1. The number of methoxy groups -OCH3 is 1. The summed E-state index contributed by atoms with van der Waals surface area (Å²) in [6, 6.07) is 6.16. The van der Waals surface area contributed by atoms with Gasteiger partial charge in [-0.1, -0.05) is 0 Å². The molecule has 0 saturated carbocycles. The van der Waals surface area contributed by atoms with Gasteiger partial charge >= 0.3 is 0 Å². The smallest absolute Gasteiger partial charge is 0.254 e. The fourth-order valence-corrected chi connectivity index (χ4v) is 4.02. The summed E-state index contributed by atoms with van der Waals surface area (Å²) in [4.78, 5) is 19.6. The molecule has 2 fully saturated rings. The van der Waals surface area contributed by atoms with Crippen LogP contribution in [0.4, 0.5) is 5.95 Å². The number of benzene rings is 1. The average molecular weight is 416 g/mol. The second-order valence-electron chi connectivity index (χ2n) is 6.89. The highest BCUT2D eigenvalue weighted by atomic mass is 35.5. The van der Waals surface area contributed by atoms with E-state index in [2.05, 4.69) is 15.6 Å². The number of carbonyl (C=O) groups is 1. The number of hydrogen-bond donors (Lipinski definition) is 2. The number of amides is 1. The Labute approximate surface area is 171 Å². The number of nitrogens with zero attached hydrogens (tertiary/aromatic N) is 3. The van der Waals surface area contributed by atoms with Gasteiger partial charge in [-0.2, -0.15) is 0 Å². The largest absolute Gasteiger partial charge is 0.383 e. The highest BCUT2D eigenvalue weighted by Crippen LogP contribution is 2.29. The third-order valence-electron chi connectivity index (χ3n) is 5.42. The number of aromatic nitrogens is 2.